The fraction of sp³-hybridized carbons (Fsp3) is 0.0556. The van der Waals surface area contributed by atoms with Crippen LogP contribution >= 0.6 is 23.2 Å². The van der Waals surface area contributed by atoms with Crippen molar-refractivity contribution in [3.05, 3.63) is 70.7 Å². The molecule has 0 radical (unpaired) electrons. The number of carbonyl (C=O) groups excluding carboxylic acids is 1. The van der Waals surface area contributed by atoms with Crippen LogP contribution in [0.3, 0.4) is 0 Å². The molecule has 2 aromatic carbocycles. The quantitative estimate of drug-likeness (QED) is 0.595. The van der Waals surface area contributed by atoms with Gasteiger partial charge >= 0.3 is 0 Å². The van der Waals surface area contributed by atoms with Crippen molar-refractivity contribution in [1.82, 2.24) is 9.97 Å². The van der Waals surface area contributed by atoms with Gasteiger partial charge in [-0.25, -0.2) is 23.5 Å². The Hall–Kier alpha value is -2.52. The molecule has 0 aliphatic rings. The molecule has 0 aliphatic heterocycles. The van der Waals surface area contributed by atoms with Crippen LogP contribution in [-0.4, -0.2) is 24.3 Å². The van der Waals surface area contributed by atoms with Gasteiger partial charge in [0.2, 0.25) is 21.2 Å². The van der Waals surface area contributed by atoms with Crippen LogP contribution in [0.4, 0.5) is 5.69 Å². The second kappa shape index (κ2) is 8.24. The highest BCUT2D eigenvalue weighted by Crippen LogP contribution is 2.29. The third-order valence-electron chi connectivity index (χ3n) is 3.81. The van der Waals surface area contributed by atoms with Gasteiger partial charge in [0.1, 0.15) is 0 Å². The maximum Gasteiger partial charge on any atom is 0.238 e. The first-order chi connectivity index (χ1) is 13.2. The maximum absolute atomic E-state index is 12.3. The van der Waals surface area contributed by atoms with Crippen LogP contribution in [0.2, 0.25) is 10.3 Å². The number of aromatic nitrogens is 2. The molecule has 10 heteroatoms. The molecule has 0 spiro atoms. The number of nitrogens with one attached hydrogen (secondary N) is 1. The molecule has 1 heterocycles. The Kier molecular flexibility index (Phi) is 5.95. The lowest BCUT2D eigenvalue weighted by Crippen LogP contribution is -2.17. The van der Waals surface area contributed by atoms with Crippen molar-refractivity contribution in [3.8, 4) is 11.1 Å². The first-order valence-electron chi connectivity index (χ1n) is 7.92. The van der Waals surface area contributed by atoms with Crippen LogP contribution in [0.5, 0.6) is 0 Å². The van der Waals surface area contributed by atoms with Crippen molar-refractivity contribution >= 4 is 44.8 Å². The van der Waals surface area contributed by atoms with E-state index in [1.807, 2.05) is 0 Å². The Balaban J connectivity index is 1.90. The smallest absolute Gasteiger partial charge is 0.238 e. The van der Waals surface area contributed by atoms with Crippen LogP contribution in [0.1, 0.15) is 5.56 Å². The number of rotatable bonds is 5. The minimum absolute atomic E-state index is 0.0318. The molecule has 0 bridgehead atoms. The van der Waals surface area contributed by atoms with Gasteiger partial charge in [-0.2, -0.15) is 0 Å². The van der Waals surface area contributed by atoms with Gasteiger partial charge in [-0.1, -0.05) is 35.9 Å². The number of sulfonamides is 1. The monoisotopic (exact) mass is 436 g/mol. The molecule has 0 fully saturated rings. The molecular formula is C18H14Cl2N4O3S. The Morgan fingerprint density at radius 2 is 1.75 bits per heavy atom. The average Bonchev–Trinajstić information content (AvgIpc) is 2.64. The number of amides is 1. The van der Waals surface area contributed by atoms with Crippen molar-refractivity contribution in [2.75, 3.05) is 5.32 Å². The molecule has 3 aromatic rings. The predicted molar refractivity (Wildman–Crippen MR) is 108 cm³/mol. The van der Waals surface area contributed by atoms with Crippen LogP contribution in [-0.2, 0) is 21.2 Å². The Labute approximate surface area is 171 Å². The molecule has 3 rings (SSSR count). The number of nitrogens with two attached hydrogens (primary N) is 1. The minimum atomic E-state index is -4.08. The SMILES string of the molecule is NS(=O)(=O)c1cc(NC(=O)Cc2ccccc2Cl)ccc1-c1cnc(Cl)nc1. The molecule has 1 aromatic heterocycles. The molecule has 0 atom stereocenters. The highest BCUT2D eigenvalue weighted by Gasteiger charge is 2.18. The zero-order chi connectivity index (χ0) is 20.3. The summed E-state index contributed by atoms with van der Waals surface area (Å²) >= 11 is 11.7. The molecule has 144 valence electrons. The Morgan fingerprint density at radius 3 is 2.39 bits per heavy atom. The number of hydrogen-bond acceptors (Lipinski definition) is 5. The first-order valence-corrected chi connectivity index (χ1v) is 10.2. The standard InChI is InChI=1S/C18H14Cl2N4O3S/c19-15-4-2-1-3-11(15)7-17(25)24-13-5-6-14(16(8-13)28(21,26)27)12-9-22-18(20)23-10-12/h1-6,8-10H,7H2,(H,24,25)(H2,21,26,27). The van der Waals surface area contributed by atoms with E-state index in [0.29, 0.717) is 21.7 Å². The van der Waals surface area contributed by atoms with Crippen molar-refractivity contribution in [1.29, 1.82) is 0 Å². The molecule has 0 aliphatic carbocycles. The van der Waals surface area contributed by atoms with Crippen molar-refractivity contribution < 1.29 is 13.2 Å². The fourth-order valence-electron chi connectivity index (χ4n) is 2.55. The predicted octanol–water partition coefficient (Wildman–Crippen LogP) is 3.28. The van der Waals surface area contributed by atoms with E-state index in [-0.39, 0.29) is 28.2 Å². The third kappa shape index (κ3) is 4.85. The number of benzene rings is 2. The molecular weight excluding hydrogens is 423 g/mol. The van der Waals surface area contributed by atoms with Crippen molar-refractivity contribution in [2.45, 2.75) is 11.3 Å². The topological polar surface area (TPSA) is 115 Å². The number of hydrogen-bond donors (Lipinski definition) is 2. The van der Waals surface area contributed by atoms with E-state index in [1.54, 1.807) is 30.3 Å². The zero-order valence-electron chi connectivity index (χ0n) is 14.3. The number of primary sulfonamides is 1. The Morgan fingerprint density at radius 1 is 1.07 bits per heavy atom. The zero-order valence-corrected chi connectivity index (χ0v) is 16.6. The van der Waals surface area contributed by atoms with E-state index in [1.165, 1.54) is 24.5 Å². The van der Waals surface area contributed by atoms with E-state index < -0.39 is 10.0 Å². The summed E-state index contributed by atoms with van der Waals surface area (Å²) in [6, 6.07) is 11.3. The van der Waals surface area contributed by atoms with Gasteiger partial charge < -0.3 is 5.32 Å². The summed E-state index contributed by atoms with van der Waals surface area (Å²) in [5.74, 6) is -0.351. The van der Waals surface area contributed by atoms with E-state index in [0.717, 1.165) is 0 Å². The highest BCUT2D eigenvalue weighted by molar-refractivity contribution is 7.89. The molecule has 28 heavy (non-hydrogen) atoms. The van der Waals surface area contributed by atoms with Gasteiger partial charge in [0, 0.05) is 34.2 Å². The summed E-state index contributed by atoms with van der Waals surface area (Å²) in [4.78, 5) is 19.8. The third-order valence-corrected chi connectivity index (χ3v) is 5.33. The lowest BCUT2D eigenvalue weighted by molar-refractivity contribution is -0.115. The average molecular weight is 437 g/mol. The number of nitrogens with zero attached hydrogens (tertiary/aromatic N) is 2. The number of carbonyl (C=O) groups is 1. The largest absolute Gasteiger partial charge is 0.326 e. The summed E-state index contributed by atoms with van der Waals surface area (Å²) in [5, 5.41) is 8.50. The first kappa shape index (κ1) is 20.2. The fourth-order valence-corrected chi connectivity index (χ4v) is 3.63. The van der Waals surface area contributed by atoms with Crippen LogP contribution in [0.15, 0.2) is 59.8 Å². The van der Waals surface area contributed by atoms with Gasteiger partial charge in [-0.15, -0.1) is 0 Å². The highest BCUT2D eigenvalue weighted by atomic mass is 35.5. The molecule has 3 N–H and O–H groups in total. The summed E-state index contributed by atoms with van der Waals surface area (Å²) in [5.41, 5.74) is 1.65. The van der Waals surface area contributed by atoms with E-state index in [9.17, 15) is 13.2 Å². The van der Waals surface area contributed by atoms with Crippen LogP contribution in [0.25, 0.3) is 11.1 Å². The second-order valence-corrected chi connectivity index (χ2v) is 8.09. The minimum Gasteiger partial charge on any atom is -0.326 e. The summed E-state index contributed by atoms with van der Waals surface area (Å²) in [6.45, 7) is 0. The maximum atomic E-state index is 12.3. The van der Waals surface area contributed by atoms with Crippen molar-refractivity contribution in [2.24, 2.45) is 5.14 Å². The van der Waals surface area contributed by atoms with E-state index >= 15 is 0 Å². The van der Waals surface area contributed by atoms with E-state index in [4.69, 9.17) is 28.3 Å². The summed E-state index contributed by atoms with van der Waals surface area (Å²) in [6.07, 6.45) is 2.81. The lowest BCUT2D eigenvalue weighted by atomic mass is 10.1. The molecule has 7 nitrogen and oxygen atoms in total. The summed E-state index contributed by atoms with van der Waals surface area (Å²) in [7, 11) is -4.08. The van der Waals surface area contributed by atoms with Crippen LogP contribution < -0.4 is 10.5 Å². The number of anilines is 1. The molecule has 0 saturated carbocycles. The Bertz CT molecular complexity index is 1140. The molecule has 0 unspecified atom stereocenters. The van der Waals surface area contributed by atoms with Gasteiger partial charge in [-0.3, -0.25) is 4.79 Å². The molecule has 1 amide bonds. The van der Waals surface area contributed by atoms with Crippen molar-refractivity contribution in [3.63, 3.8) is 0 Å². The van der Waals surface area contributed by atoms with Gasteiger partial charge in [0.25, 0.3) is 0 Å². The van der Waals surface area contributed by atoms with E-state index in [2.05, 4.69) is 15.3 Å². The van der Waals surface area contributed by atoms with Gasteiger partial charge in [0.05, 0.1) is 11.3 Å². The molecule has 0 saturated heterocycles. The van der Waals surface area contributed by atoms with Gasteiger partial charge in [0.15, 0.2) is 0 Å². The lowest BCUT2D eigenvalue weighted by Gasteiger charge is -2.12. The van der Waals surface area contributed by atoms with Crippen LogP contribution in [0, 0.1) is 0 Å². The normalized spacial score (nSPS) is 11.2. The number of halogens is 2. The van der Waals surface area contributed by atoms with Gasteiger partial charge in [-0.05, 0) is 35.4 Å². The second-order valence-electron chi connectivity index (χ2n) is 5.81. The summed E-state index contributed by atoms with van der Waals surface area (Å²) < 4.78 is 24.1.